The van der Waals surface area contributed by atoms with Crippen molar-refractivity contribution in [3.63, 3.8) is 0 Å². The molecule has 234 valence electrons. The van der Waals surface area contributed by atoms with E-state index in [2.05, 4.69) is 36.1 Å². The summed E-state index contributed by atoms with van der Waals surface area (Å²) in [6.07, 6.45) is -6.44. The summed E-state index contributed by atoms with van der Waals surface area (Å²) >= 11 is 6.16. The second-order valence-corrected chi connectivity index (χ2v) is 11.4. The minimum atomic E-state index is -4.71. The van der Waals surface area contributed by atoms with Gasteiger partial charge in [-0.25, -0.2) is 4.98 Å². The zero-order chi connectivity index (χ0) is 31.4. The number of amides is 1. The Bertz CT molecular complexity index is 1700. The number of alkyl halides is 6. The van der Waals surface area contributed by atoms with Crippen LogP contribution in [-0.4, -0.2) is 72.2 Å². The molecule has 0 radical (unpaired) electrons. The molecule has 2 atom stereocenters. The van der Waals surface area contributed by atoms with E-state index < -0.39 is 42.6 Å². The summed E-state index contributed by atoms with van der Waals surface area (Å²) in [4.78, 5) is 20.1. The highest BCUT2D eigenvalue weighted by atomic mass is 35.5. The number of aryl methyl sites for hydroxylation is 1. The highest BCUT2D eigenvalue weighted by Crippen LogP contribution is 2.41. The van der Waals surface area contributed by atoms with Gasteiger partial charge in [-0.3, -0.25) is 9.48 Å². The average molecular weight is 643 g/mol. The fourth-order valence-electron chi connectivity index (χ4n) is 5.35. The third kappa shape index (κ3) is 6.66. The molecule has 1 amide bonds. The molecule has 1 aliphatic heterocycles. The van der Waals surface area contributed by atoms with Gasteiger partial charge in [0.2, 0.25) is 0 Å². The van der Waals surface area contributed by atoms with Crippen molar-refractivity contribution < 1.29 is 31.1 Å². The fourth-order valence-corrected chi connectivity index (χ4v) is 5.52. The van der Waals surface area contributed by atoms with E-state index in [1.165, 1.54) is 23.0 Å². The van der Waals surface area contributed by atoms with E-state index in [0.717, 1.165) is 16.9 Å². The van der Waals surface area contributed by atoms with Gasteiger partial charge in [-0.1, -0.05) is 16.7 Å². The van der Waals surface area contributed by atoms with Crippen molar-refractivity contribution in [2.75, 3.05) is 23.3 Å². The zero-order valence-corrected chi connectivity index (χ0v) is 23.7. The second-order valence-electron chi connectivity index (χ2n) is 11.0. The standard InChI is InChI=1S/C26H25ClF6N10O/c1-41-39-24(37-40-41)42-9-15(34-20-8-21(26(31,32)33)36-19-5-4-14(27)6-17(19)20)7-16(10-42)35-23(44)18-11-43(12-25(28,29)30)38-22(18)13-2-3-13/h4-6,8,11,13,15-16H,2-3,7,9-10,12H2,1H3,(H,34,36)(H,35,44)/t15-,16+/m1/s1. The molecule has 2 fully saturated rings. The lowest BCUT2D eigenvalue weighted by molar-refractivity contribution is -0.143. The topological polar surface area (TPSA) is 119 Å². The van der Waals surface area contributed by atoms with Crippen molar-refractivity contribution in [2.24, 2.45) is 7.05 Å². The number of pyridine rings is 1. The van der Waals surface area contributed by atoms with Gasteiger partial charge in [0.25, 0.3) is 11.9 Å². The number of fused-ring (bicyclic) bond motifs is 1. The minimum Gasteiger partial charge on any atom is -0.380 e. The molecule has 18 heteroatoms. The Morgan fingerprint density at radius 1 is 1.07 bits per heavy atom. The van der Waals surface area contributed by atoms with Crippen molar-refractivity contribution in [3.05, 3.63) is 52.4 Å². The molecule has 0 bridgehead atoms. The number of halogens is 7. The fraction of sp³-hybridized carbons (Fsp3) is 0.462. The number of aromatic nitrogens is 7. The molecule has 6 rings (SSSR count). The molecule has 2 aliphatic rings. The lowest BCUT2D eigenvalue weighted by Gasteiger charge is -2.38. The third-order valence-corrected chi connectivity index (χ3v) is 7.56. The molecule has 1 aliphatic carbocycles. The molecule has 11 nitrogen and oxygen atoms in total. The number of nitrogens with zero attached hydrogens (tertiary/aromatic N) is 8. The van der Waals surface area contributed by atoms with Gasteiger partial charge in [-0.2, -0.15) is 36.2 Å². The predicted molar refractivity (Wildman–Crippen MR) is 146 cm³/mol. The van der Waals surface area contributed by atoms with Gasteiger partial charge >= 0.3 is 12.4 Å². The Morgan fingerprint density at radius 2 is 1.82 bits per heavy atom. The maximum Gasteiger partial charge on any atom is 0.433 e. The van der Waals surface area contributed by atoms with Crippen molar-refractivity contribution >= 4 is 40.0 Å². The van der Waals surface area contributed by atoms with Crippen molar-refractivity contribution in [3.8, 4) is 0 Å². The number of benzene rings is 1. The van der Waals surface area contributed by atoms with Gasteiger partial charge in [0.1, 0.15) is 12.2 Å². The number of piperidine rings is 1. The van der Waals surface area contributed by atoms with Gasteiger partial charge < -0.3 is 15.5 Å². The number of nitrogens with one attached hydrogen (secondary N) is 2. The molecule has 1 saturated carbocycles. The molecule has 3 aromatic heterocycles. The number of anilines is 2. The largest absolute Gasteiger partial charge is 0.433 e. The smallest absolute Gasteiger partial charge is 0.380 e. The number of carbonyl (C=O) groups excluding carboxylic acids is 1. The van der Waals surface area contributed by atoms with Crippen molar-refractivity contribution in [1.29, 1.82) is 0 Å². The summed E-state index contributed by atoms with van der Waals surface area (Å²) in [6, 6.07) is 4.11. The van der Waals surface area contributed by atoms with E-state index in [4.69, 9.17) is 11.6 Å². The minimum absolute atomic E-state index is 0.0561. The van der Waals surface area contributed by atoms with Crippen LogP contribution in [0.15, 0.2) is 30.5 Å². The van der Waals surface area contributed by atoms with E-state index in [-0.39, 0.29) is 48.1 Å². The normalized spacial score (nSPS) is 19.4. The van der Waals surface area contributed by atoms with E-state index >= 15 is 0 Å². The highest BCUT2D eigenvalue weighted by molar-refractivity contribution is 6.31. The van der Waals surface area contributed by atoms with Crippen LogP contribution < -0.4 is 15.5 Å². The first-order chi connectivity index (χ1) is 20.7. The van der Waals surface area contributed by atoms with E-state index in [1.54, 1.807) is 11.9 Å². The van der Waals surface area contributed by atoms with Crippen molar-refractivity contribution in [1.82, 2.24) is 40.3 Å². The molecule has 0 spiro atoms. The summed E-state index contributed by atoms with van der Waals surface area (Å²) < 4.78 is 81.0. The van der Waals surface area contributed by atoms with Gasteiger partial charge in [-0.15, -0.1) is 5.10 Å². The Kier molecular flexibility index (Phi) is 7.53. The molecule has 0 unspecified atom stereocenters. The maximum atomic E-state index is 13.7. The quantitative estimate of drug-likeness (QED) is 0.282. The van der Waals surface area contributed by atoms with Crippen LogP contribution in [0.3, 0.4) is 0 Å². The second kappa shape index (κ2) is 11.1. The highest BCUT2D eigenvalue weighted by Gasteiger charge is 2.37. The SMILES string of the molecule is Cn1nnc(N2C[C@@H](NC(=O)c3cn(CC(F)(F)F)nc3C3CC3)C[C@@H](Nc3cc(C(F)(F)F)nc4ccc(Cl)cc34)C2)n1. The number of rotatable bonds is 7. The van der Waals surface area contributed by atoms with E-state index in [9.17, 15) is 31.1 Å². The molecule has 44 heavy (non-hydrogen) atoms. The van der Waals surface area contributed by atoms with Crippen LogP contribution >= 0.6 is 11.6 Å². The Balaban J connectivity index is 1.29. The van der Waals surface area contributed by atoms with Gasteiger partial charge in [0.15, 0.2) is 0 Å². The lowest BCUT2D eigenvalue weighted by Crippen LogP contribution is -2.55. The monoisotopic (exact) mass is 642 g/mol. The first kappa shape index (κ1) is 29.9. The number of hydrogen-bond acceptors (Lipinski definition) is 8. The molecular formula is C26H25ClF6N10O. The predicted octanol–water partition coefficient (Wildman–Crippen LogP) is 4.56. The maximum absolute atomic E-state index is 13.7. The van der Waals surface area contributed by atoms with Crippen LogP contribution in [-0.2, 0) is 19.8 Å². The molecule has 4 aromatic rings. The summed E-state index contributed by atoms with van der Waals surface area (Å²) in [7, 11) is 1.57. The average Bonchev–Trinajstić information content (AvgIpc) is 3.55. The van der Waals surface area contributed by atoms with Crippen LogP contribution in [0.25, 0.3) is 10.9 Å². The number of tetrazole rings is 1. The third-order valence-electron chi connectivity index (χ3n) is 7.33. The summed E-state index contributed by atoms with van der Waals surface area (Å²) in [6.45, 7) is -0.881. The van der Waals surface area contributed by atoms with Crippen LogP contribution in [0.1, 0.15) is 46.9 Å². The first-order valence-corrected chi connectivity index (χ1v) is 14.0. The van der Waals surface area contributed by atoms with E-state index in [1.807, 2.05) is 0 Å². The summed E-state index contributed by atoms with van der Waals surface area (Å²) in [5, 5.41) is 22.9. The Labute approximate surface area is 250 Å². The first-order valence-electron chi connectivity index (χ1n) is 13.6. The van der Waals surface area contributed by atoms with Gasteiger partial charge in [0.05, 0.1) is 23.8 Å². The lowest BCUT2D eigenvalue weighted by atomic mass is 9.99. The summed E-state index contributed by atoms with van der Waals surface area (Å²) in [5.41, 5.74) is -0.502. The van der Waals surface area contributed by atoms with Gasteiger partial charge in [-0.05, 0) is 48.7 Å². The van der Waals surface area contributed by atoms with Crippen molar-refractivity contribution in [2.45, 2.75) is 56.2 Å². The molecular weight excluding hydrogens is 618 g/mol. The molecule has 4 heterocycles. The number of hydrogen-bond donors (Lipinski definition) is 2. The summed E-state index contributed by atoms with van der Waals surface area (Å²) in [5.74, 6) is -0.465. The van der Waals surface area contributed by atoms with Crippen LogP contribution in [0.2, 0.25) is 5.02 Å². The molecule has 2 N–H and O–H groups in total. The van der Waals surface area contributed by atoms with Crippen LogP contribution in [0, 0.1) is 0 Å². The molecule has 1 aromatic carbocycles. The molecule has 1 saturated heterocycles. The Morgan fingerprint density at radius 3 is 2.48 bits per heavy atom. The van der Waals surface area contributed by atoms with Crippen LogP contribution in [0.4, 0.5) is 38.0 Å². The van der Waals surface area contributed by atoms with Crippen LogP contribution in [0.5, 0.6) is 0 Å². The Hall–Kier alpha value is -4.15. The van der Waals surface area contributed by atoms with Gasteiger partial charge in [0, 0.05) is 53.4 Å². The number of carbonyl (C=O) groups is 1. The van der Waals surface area contributed by atoms with E-state index in [0.29, 0.717) is 28.9 Å². The zero-order valence-electron chi connectivity index (χ0n) is 23.0.